The van der Waals surface area contributed by atoms with Crippen molar-refractivity contribution in [3.63, 3.8) is 0 Å². The predicted molar refractivity (Wildman–Crippen MR) is 61.8 cm³/mol. The highest BCUT2D eigenvalue weighted by Gasteiger charge is 2.03. The van der Waals surface area contributed by atoms with Crippen LogP contribution in [0.3, 0.4) is 0 Å². The second-order valence-corrected chi connectivity index (χ2v) is 3.56. The Kier molecular flexibility index (Phi) is 4.39. The molecule has 0 saturated heterocycles. The molecule has 15 heavy (non-hydrogen) atoms. The highest BCUT2D eigenvalue weighted by Crippen LogP contribution is 2.21. The number of carbonyl (C=O) groups is 1. The van der Waals surface area contributed by atoms with E-state index in [0.717, 1.165) is 18.4 Å². The summed E-state index contributed by atoms with van der Waals surface area (Å²) < 4.78 is 0. The lowest BCUT2D eigenvalue weighted by Gasteiger charge is -2.07. The van der Waals surface area contributed by atoms with Gasteiger partial charge in [-0.05, 0) is 24.1 Å². The summed E-state index contributed by atoms with van der Waals surface area (Å²) in [5, 5.41) is 3.20. The van der Waals surface area contributed by atoms with E-state index in [2.05, 4.69) is 12.2 Å². The SMILES string of the molecule is CCCc1ccc(NC(=O)NN)cc1Cl. The van der Waals surface area contributed by atoms with Crippen molar-refractivity contribution in [1.29, 1.82) is 0 Å². The largest absolute Gasteiger partial charge is 0.333 e. The first kappa shape index (κ1) is 11.8. The summed E-state index contributed by atoms with van der Waals surface area (Å²) in [5.74, 6) is 4.94. The average Bonchev–Trinajstić information content (AvgIpc) is 2.22. The molecule has 0 unspecified atom stereocenters. The number of nitrogens with two attached hydrogens (primary N) is 1. The number of aryl methyl sites for hydroxylation is 1. The van der Waals surface area contributed by atoms with Gasteiger partial charge in [-0.3, -0.25) is 5.43 Å². The fourth-order valence-corrected chi connectivity index (χ4v) is 1.54. The van der Waals surface area contributed by atoms with Crippen LogP contribution in [0.25, 0.3) is 0 Å². The maximum atomic E-state index is 10.9. The van der Waals surface area contributed by atoms with Crippen LogP contribution in [0.4, 0.5) is 10.5 Å². The lowest BCUT2D eigenvalue weighted by atomic mass is 10.1. The third-order valence-electron chi connectivity index (χ3n) is 1.96. The van der Waals surface area contributed by atoms with E-state index in [-0.39, 0.29) is 0 Å². The minimum Gasteiger partial charge on any atom is -0.307 e. The number of urea groups is 1. The molecular formula is C10H14ClN3O. The van der Waals surface area contributed by atoms with Crippen molar-refractivity contribution in [3.05, 3.63) is 28.8 Å². The van der Waals surface area contributed by atoms with Gasteiger partial charge in [-0.15, -0.1) is 0 Å². The number of benzene rings is 1. The van der Waals surface area contributed by atoms with Gasteiger partial charge in [0, 0.05) is 10.7 Å². The molecule has 0 aliphatic rings. The topological polar surface area (TPSA) is 67.2 Å². The number of amides is 2. The van der Waals surface area contributed by atoms with E-state index >= 15 is 0 Å². The van der Waals surface area contributed by atoms with Gasteiger partial charge in [0.1, 0.15) is 0 Å². The number of halogens is 1. The van der Waals surface area contributed by atoms with Gasteiger partial charge in [0.25, 0.3) is 0 Å². The third-order valence-corrected chi connectivity index (χ3v) is 2.31. The van der Waals surface area contributed by atoms with E-state index in [1.807, 2.05) is 11.5 Å². The normalized spacial score (nSPS) is 9.80. The zero-order chi connectivity index (χ0) is 11.3. The van der Waals surface area contributed by atoms with Crippen LogP contribution in [0.1, 0.15) is 18.9 Å². The van der Waals surface area contributed by atoms with Crippen LogP contribution >= 0.6 is 11.6 Å². The molecule has 0 atom stereocenters. The Morgan fingerprint density at radius 3 is 2.80 bits per heavy atom. The van der Waals surface area contributed by atoms with Gasteiger partial charge in [0.2, 0.25) is 0 Å². The summed E-state index contributed by atoms with van der Waals surface area (Å²) in [6, 6.07) is 4.94. The van der Waals surface area contributed by atoms with E-state index in [1.165, 1.54) is 0 Å². The van der Waals surface area contributed by atoms with Gasteiger partial charge in [0.15, 0.2) is 0 Å². The molecule has 0 heterocycles. The van der Waals surface area contributed by atoms with Crippen LogP contribution in [0.15, 0.2) is 18.2 Å². The third kappa shape index (κ3) is 3.42. The van der Waals surface area contributed by atoms with Crippen LogP contribution in [0, 0.1) is 0 Å². The Morgan fingerprint density at radius 2 is 2.27 bits per heavy atom. The average molecular weight is 228 g/mol. The van der Waals surface area contributed by atoms with Gasteiger partial charge in [-0.25, -0.2) is 10.6 Å². The van der Waals surface area contributed by atoms with Crippen molar-refractivity contribution >= 4 is 23.3 Å². The number of hydrazine groups is 1. The van der Waals surface area contributed by atoms with Gasteiger partial charge < -0.3 is 5.32 Å². The highest BCUT2D eigenvalue weighted by atomic mass is 35.5. The number of carbonyl (C=O) groups excluding carboxylic acids is 1. The van der Waals surface area contributed by atoms with Crippen molar-refractivity contribution in [3.8, 4) is 0 Å². The minimum absolute atomic E-state index is 0.464. The van der Waals surface area contributed by atoms with E-state index < -0.39 is 6.03 Å². The van der Waals surface area contributed by atoms with Gasteiger partial charge in [-0.1, -0.05) is 31.0 Å². The number of hydrogen-bond acceptors (Lipinski definition) is 2. The number of rotatable bonds is 3. The van der Waals surface area contributed by atoms with E-state index in [1.54, 1.807) is 12.1 Å². The maximum Gasteiger partial charge on any atom is 0.333 e. The molecule has 2 amide bonds. The lowest BCUT2D eigenvalue weighted by Crippen LogP contribution is -2.34. The highest BCUT2D eigenvalue weighted by molar-refractivity contribution is 6.31. The zero-order valence-electron chi connectivity index (χ0n) is 8.51. The standard InChI is InChI=1S/C10H14ClN3O/c1-2-3-7-4-5-8(6-9(7)11)13-10(15)14-12/h4-6H,2-3,12H2,1H3,(H2,13,14,15). The van der Waals surface area contributed by atoms with Crippen LogP contribution in [-0.4, -0.2) is 6.03 Å². The second kappa shape index (κ2) is 5.58. The lowest BCUT2D eigenvalue weighted by molar-refractivity contribution is 0.252. The van der Waals surface area contributed by atoms with Crippen LogP contribution in [0.5, 0.6) is 0 Å². The molecule has 0 aliphatic carbocycles. The van der Waals surface area contributed by atoms with Crippen molar-refractivity contribution in [2.24, 2.45) is 5.84 Å². The molecule has 4 nitrogen and oxygen atoms in total. The molecule has 0 aromatic heterocycles. The Labute approximate surface area is 93.8 Å². The molecule has 1 aromatic carbocycles. The Hall–Kier alpha value is -1.26. The predicted octanol–water partition coefficient (Wildman–Crippen LogP) is 2.29. The summed E-state index contributed by atoms with van der Waals surface area (Å²) in [6.07, 6.45) is 1.97. The Bertz CT molecular complexity index is 355. The van der Waals surface area contributed by atoms with Gasteiger partial charge >= 0.3 is 6.03 Å². The molecule has 1 rings (SSSR count). The second-order valence-electron chi connectivity index (χ2n) is 3.15. The van der Waals surface area contributed by atoms with Gasteiger partial charge in [-0.2, -0.15) is 0 Å². The maximum absolute atomic E-state index is 10.9. The molecule has 0 fully saturated rings. The minimum atomic E-state index is -0.464. The van der Waals surface area contributed by atoms with E-state index in [9.17, 15) is 4.79 Å². The molecule has 0 radical (unpaired) electrons. The Morgan fingerprint density at radius 1 is 1.53 bits per heavy atom. The summed E-state index contributed by atoms with van der Waals surface area (Å²) in [5.41, 5.74) is 3.69. The van der Waals surface area contributed by atoms with Gasteiger partial charge in [0.05, 0.1) is 0 Å². The monoisotopic (exact) mass is 227 g/mol. The quantitative estimate of drug-likeness (QED) is 0.421. The first-order valence-electron chi connectivity index (χ1n) is 4.73. The fourth-order valence-electron chi connectivity index (χ4n) is 1.26. The van der Waals surface area contributed by atoms with Crippen LogP contribution in [-0.2, 0) is 6.42 Å². The summed E-state index contributed by atoms with van der Waals surface area (Å²) in [7, 11) is 0. The van der Waals surface area contributed by atoms with Crippen molar-refractivity contribution in [2.45, 2.75) is 19.8 Å². The summed E-state index contributed by atoms with van der Waals surface area (Å²) >= 11 is 6.03. The molecule has 0 bridgehead atoms. The fraction of sp³-hybridized carbons (Fsp3) is 0.300. The van der Waals surface area contributed by atoms with E-state index in [0.29, 0.717) is 10.7 Å². The molecule has 82 valence electrons. The Balaban J connectivity index is 2.77. The number of nitrogens with one attached hydrogen (secondary N) is 2. The summed E-state index contributed by atoms with van der Waals surface area (Å²) in [6.45, 7) is 2.09. The van der Waals surface area contributed by atoms with E-state index in [4.69, 9.17) is 17.4 Å². The van der Waals surface area contributed by atoms with Crippen molar-refractivity contribution < 1.29 is 4.79 Å². The van der Waals surface area contributed by atoms with Crippen LogP contribution in [0.2, 0.25) is 5.02 Å². The van der Waals surface area contributed by atoms with Crippen molar-refractivity contribution in [2.75, 3.05) is 5.32 Å². The molecule has 1 aromatic rings. The summed E-state index contributed by atoms with van der Waals surface area (Å²) in [4.78, 5) is 10.9. The first-order chi connectivity index (χ1) is 7.17. The molecule has 0 saturated carbocycles. The molecule has 5 heteroatoms. The van der Waals surface area contributed by atoms with Crippen LogP contribution < -0.4 is 16.6 Å². The van der Waals surface area contributed by atoms with Crippen molar-refractivity contribution in [1.82, 2.24) is 5.43 Å². The zero-order valence-corrected chi connectivity index (χ0v) is 9.27. The smallest absolute Gasteiger partial charge is 0.307 e. The molecule has 0 aliphatic heterocycles. The molecule has 4 N–H and O–H groups in total. The first-order valence-corrected chi connectivity index (χ1v) is 5.11. The number of anilines is 1. The molecular weight excluding hydrogens is 214 g/mol. The number of hydrogen-bond donors (Lipinski definition) is 3. The molecule has 0 spiro atoms.